The van der Waals surface area contributed by atoms with Crippen molar-refractivity contribution in [2.75, 3.05) is 11.1 Å². The van der Waals surface area contributed by atoms with Crippen LogP contribution in [-0.4, -0.2) is 0 Å². The van der Waals surface area contributed by atoms with Gasteiger partial charge >= 0.3 is 0 Å². The van der Waals surface area contributed by atoms with Crippen LogP contribution in [0.4, 0.5) is 17.1 Å². The lowest BCUT2D eigenvalue weighted by Crippen LogP contribution is -2.26. The van der Waals surface area contributed by atoms with Gasteiger partial charge in [0.2, 0.25) is 0 Å². The number of fused-ring (bicyclic) bond motifs is 14. The molecule has 2 nitrogen and oxygen atoms in total. The Morgan fingerprint density at radius 1 is 0.426 bits per heavy atom. The molecule has 0 radical (unpaired) electrons. The molecule has 256 valence electrons. The smallest absolute Gasteiger partial charge is 0.0737 e. The molecule has 0 unspecified atom stereocenters. The van der Waals surface area contributed by atoms with Crippen molar-refractivity contribution in [3.8, 4) is 33.4 Å². The van der Waals surface area contributed by atoms with Gasteiger partial charge in [-0.15, -0.1) is 0 Å². The highest BCUT2D eigenvalue weighted by molar-refractivity contribution is 6.09. The van der Waals surface area contributed by atoms with Gasteiger partial charge in [-0.2, -0.15) is 0 Å². The summed E-state index contributed by atoms with van der Waals surface area (Å²) in [6.45, 7) is 2.16. The van der Waals surface area contributed by atoms with Crippen LogP contribution in [-0.2, 0) is 5.41 Å². The van der Waals surface area contributed by atoms with E-state index in [0.717, 1.165) is 17.1 Å². The largest absolute Gasteiger partial charge is 0.397 e. The third-order valence-corrected chi connectivity index (χ3v) is 11.3. The van der Waals surface area contributed by atoms with Gasteiger partial charge in [0.1, 0.15) is 0 Å². The highest BCUT2D eigenvalue weighted by Gasteiger charge is 2.53. The summed E-state index contributed by atoms with van der Waals surface area (Å²) >= 11 is 0. The van der Waals surface area contributed by atoms with Crippen LogP contribution >= 0.6 is 0 Å². The van der Waals surface area contributed by atoms with Crippen LogP contribution in [0.3, 0.4) is 0 Å². The molecular formula is C52H38N2. The van der Waals surface area contributed by atoms with E-state index in [1.54, 1.807) is 0 Å². The fourth-order valence-electron chi connectivity index (χ4n) is 9.05. The second-order valence-electron chi connectivity index (χ2n) is 14.4. The van der Waals surface area contributed by atoms with Crippen molar-refractivity contribution in [2.45, 2.75) is 12.3 Å². The molecule has 0 bridgehead atoms. The first-order chi connectivity index (χ1) is 26.6. The van der Waals surface area contributed by atoms with Crippen LogP contribution < -0.4 is 11.1 Å². The molecule has 0 saturated carbocycles. The molecule has 2 heteroatoms. The number of aryl methyl sites for hydroxylation is 1. The Bertz CT molecular complexity index is 2840. The number of benzene rings is 9. The average molecular weight is 691 g/mol. The Morgan fingerprint density at radius 3 is 1.74 bits per heavy atom. The minimum absolute atomic E-state index is 0.372. The Labute approximate surface area is 316 Å². The summed E-state index contributed by atoms with van der Waals surface area (Å²) in [4.78, 5) is 0. The molecule has 0 heterocycles. The summed E-state index contributed by atoms with van der Waals surface area (Å²) < 4.78 is 0. The summed E-state index contributed by atoms with van der Waals surface area (Å²) in [5.74, 6) is 0. The highest BCUT2D eigenvalue weighted by atomic mass is 14.9. The Kier molecular flexibility index (Phi) is 7.45. The van der Waals surface area contributed by atoms with E-state index in [2.05, 4.69) is 152 Å². The maximum absolute atomic E-state index is 5.81. The third kappa shape index (κ3) is 4.88. The molecule has 9 aromatic carbocycles. The number of nitrogens with two attached hydrogens (primary N) is 1. The van der Waals surface area contributed by atoms with Gasteiger partial charge in [0, 0.05) is 5.69 Å². The van der Waals surface area contributed by atoms with Crippen LogP contribution in [0.15, 0.2) is 194 Å². The van der Waals surface area contributed by atoms with Gasteiger partial charge < -0.3 is 11.1 Å². The van der Waals surface area contributed by atoms with Crippen LogP contribution in [0, 0.1) is 6.92 Å². The summed E-state index contributed by atoms with van der Waals surface area (Å²) in [6.07, 6.45) is 0. The van der Waals surface area contributed by atoms with Crippen molar-refractivity contribution < 1.29 is 0 Å². The van der Waals surface area contributed by atoms with E-state index in [1.807, 2.05) is 54.6 Å². The zero-order valence-corrected chi connectivity index (χ0v) is 30.1. The summed E-state index contributed by atoms with van der Waals surface area (Å²) in [5.41, 5.74) is 23.0. The van der Waals surface area contributed by atoms with Gasteiger partial charge in [-0.1, -0.05) is 169 Å². The van der Waals surface area contributed by atoms with E-state index < -0.39 is 0 Å². The average Bonchev–Trinajstić information content (AvgIpc) is 3.70. The SMILES string of the molecule is Cc1cccc(-c2ccc3c4c(ccc3c2)-c2ccc3ccccc3c2C42c3ccccc3-c3ccccc32)c1.Nc1ccccc1Nc1ccccc1. The molecule has 3 N–H and O–H groups in total. The number of nitrogen functional groups attached to an aromatic ring is 1. The van der Waals surface area contributed by atoms with E-state index in [9.17, 15) is 0 Å². The molecule has 54 heavy (non-hydrogen) atoms. The predicted molar refractivity (Wildman–Crippen MR) is 229 cm³/mol. The minimum Gasteiger partial charge on any atom is -0.397 e. The van der Waals surface area contributed by atoms with Crippen LogP contribution in [0.2, 0.25) is 0 Å². The zero-order chi connectivity index (χ0) is 36.2. The molecule has 0 aromatic heterocycles. The Morgan fingerprint density at radius 2 is 1.02 bits per heavy atom. The van der Waals surface area contributed by atoms with Gasteiger partial charge in [0.05, 0.1) is 16.8 Å². The molecule has 0 aliphatic heterocycles. The van der Waals surface area contributed by atoms with Crippen LogP contribution in [0.25, 0.3) is 54.9 Å². The van der Waals surface area contributed by atoms with E-state index in [-0.39, 0.29) is 5.41 Å². The van der Waals surface area contributed by atoms with E-state index in [1.165, 1.54) is 82.7 Å². The number of hydrogen-bond donors (Lipinski definition) is 2. The lowest BCUT2D eigenvalue weighted by Gasteiger charge is -2.32. The Balaban J connectivity index is 0.000000218. The fourth-order valence-corrected chi connectivity index (χ4v) is 9.05. The first-order valence-corrected chi connectivity index (χ1v) is 18.6. The number of hydrogen-bond acceptors (Lipinski definition) is 2. The molecule has 0 atom stereocenters. The second-order valence-corrected chi connectivity index (χ2v) is 14.4. The summed E-state index contributed by atoms with van der Waals surface area (Å²) in [6, 6.07) is 70.1. The van der Waals surface area contributed by atoms with Crippen LogP contribution in [0.1, 0.15) is 27.8 Å². The van der Waals surface area contributed by atoms with Gasteiger partial charge in [-0.25, -0.2) is 0 Å². The highest BCUT2D eigenvalue weighted by Crippen LogP contribution is 2.65. The second kappa shape index (κ2) is 12.6. The van der Waals surface area contributed by atoms with E-state index in [0.29, 0.717) is 0 Å². The molecular weight excluding hydrogens is 653 g/mol. The Hall–Kier alpha value is -6.90. The maximum atomic E-state index is 5.81. The van der Waals surface area contributed by atoms with Crippen molar-refractivity contribution in [3.05, 3.63) is 222 Å². The summed E-state index contributed by atoms with van der Waals surface area (Å²) in [7, 11) is 0. The fraction of sp³-hybridized carbons (Fsp3) is 0.0385. The van der Waals surface area contributed by atoms with Crippen molar-refractivity contribution >= 4 is 38.6 Å². The lowest BCUT2D eigenvalue weighted by molar-refractivity contribution is 0.809. The molecule has 2 aliphatic rings. The molecule has 1 spiro atoms. The normalized spacial score (nSPS) is 12.8. The van der Waals surface area contributed by atoms with Gasteiger partial charge in [-0.05, 0) is 114 Å². The van der Waals surface area contributed by atoms with Crippen molar-refractivity contribution in [3.63, 3.8) is 0 Å². The topological polar surface area (TPSA) is 38.0 Å². The van der Waals surface area contributed by atoms with Crippen LogP contribution in [0.5, 0.6) is 0 Å². The molecule has 9 aromatic rings. The minimum atomic E-state index is -0.372. The zero-order valence-electron chi connectivity index (χ0n) is 30.1. The van der Waals surface area contributed by atoms with Crippen molar-refractivity contribution in [1.29, 1.82) is 0 Å². The van der Waals surface area contributed by atoms with Gasteiger partial charge in [0.25, 0.3) is 0 Å². The van der Waals surface area contributed by atoms with Crippen molar-refractivity contribution in [1.82, 2.24) is 0 Å². The number of para-hydroxylation sites is 3. The summed E-state index contributed by atoms with van der Waals surface area (Å²) in [5, 5.41) is 8.50. The first-order valence-electron chi connectivity index (χ1n) is 18.6. The van der Waals surface area contributed by atoms with E-state index >= 15 is 0 Å². The molecule has 0 amide bonds. The molecule has 0 fully saturated rings. The van der Waals surface area contributed by atoms with Gasteiger partial charge in [0.15, 0.2) is 0 Å². The monoisotopic (exact) mass is 690 g/mol. The number of rotatable bonds is 3. The number of nitrogens with one attached hydrogen (secondary N) is 1. The maximum Gasteiger partial charge on any atom is 0.0737 e. The predicted octanol–water partition coefficient (Wildman–Crippen LogP) is 13.3. The first kappa shape index (κ1) is 31.8. The molecule has 0 saturated heterocycles. The quantitative estimate of drug-likeness (QED) is 0.181. The van der Waals surface area contributed by atoms with Crippen molar-refractivity contribution in [2.24, 2.45) is 0 Å². The third-order valence-electron chi connectivity index (χ3n) is 11.3. The van der Waals surface area contributed by atoms with E-state index in [4.69, 9.17) is 5.73 Å². The standard InChI is InChI=1S/C40H26.C12H12N2/c1-25-9-8-11-27(23-25)28-18-20-31-29(24-28)19-22-35-34-21-17-26-10-2-3-12-30(26)38(34)40(39(31)35)36-15-6-4-13-32(36)33-14-5-7-16-37(33)40;13-11-8-4-5-9-12(11)14-10-6-2-1-3-7-10/h2-24H,1H3;1-9,14H,13H2. The molecule has 2 aliphatic carbocycles. The lowest BCUT2D eigenvalue weighted by atomic mass is 9.68. The molecule has 11 rings (SSSR count). The van der Waals surface area contributed by atoms with Gasteiger partial charge in [-0.3, -0.25) is 0 Å². The number of anilines is 3.